The summed E-state index contributed by atoms with van der Waals surface area (Å²) in [5, 5.41) is 59.0. The Labute approximate surface area is 294 Å². The van der Waals surface area contributed by atoms with E-state index in [9.17, 15) is 48.9 Å². The number of likely N-dealkylation sites (N-methyl/N-ethyl adjacent to an activating group) is 1. The van der Waals surface area contributed by atoms with Crippen molar-refractivity contribution >= 4 is 41.8 Å². The lowest BCUT2D eigenvalue weighted by atomic mass is 9.50. The molecule has 4 aliphatic rings. The molecule has 0 amide bonds. The van der Waals surface area contributed by atoms with Crippen LogP contribution in [0.3, 0.4) is 0 Å². The Morgan fingerprint density at radius 1 is 0.942 bits per heavy atom. The van der Waals surface area contributed by atoms with Crippen molar-refractivity contribution < 1.29 is 87.9 Å². The van der Waals surface area contributed by atoms with Crippen LogP contribution in [-0.2, 0) is 71.0 Å². The van der Waals surface area contributed by atoms with Crippen LogP contribution in [0.15, 0.2) is 24.0 Å². The van der Waals surface area contributed by atoms with Gasteiger partial charge < -0.3 is 59.2 Å². The van der Waals surface area contributed by atoms with Gasteiger partial charge in [0.2, 0.25) is 12.2 Å². The molecule has 2 aliphatic carbocycles. The van der Waals surface area contributed by atoms with Gasteiger partial charge in [0.05, 0.1) is 36.9 Å². The number of carboxylic acid groups (broad SMARTS) is 3. The average molecular weight is 736 g/mol. The number of likely N-dealkylation sites (tertiary alicyclic amines) is 1. The van der Waals surface area contributed by atoms with Gasteiger partial charge in [-0.05, 0) is 45.0 Å². The van der Waals surface area contributed by atoms with Gasteiger partial charge >= 0.3 is 41.8 Å². The molecule has 1 spiro atoms. The number of rotatable bonds is 15. The minimum atomic E-state index is -2.25. The molecule has 2 heterocycles. The zero-order chi connectivity index (χ0) is 38.3. The molecule has 8 atom stereocenters. The van der Waals surface area contributed by atoms with Crippen LogP contribution >= 0.6 is 0 Å². The maximum Gasteiger partial charge on any atom is 0.348 e. The van der Waals surface area contributed by atoms with Gasteiger partial charge in [0.1, 0.15) is 11.5 Å². The lowest BCUT2D eigenvalue weighted by molar-refractivity contribution is -0.185. The molecular weight excluding hydrogens is 698 g/mol. The number of carbonyl (C=O) groups excluding carboxylic acids is 4. The SMILES string of the molecule is C[C@H](OC(=O)[C@H](CC(=O)OC1=CC[C@@]2(O)[C@H]3Cc4ccc(CO)c5c4[C@@]2(CCN3C)[C@H]1O5)OC(=O)C[C@H](O)C(=O)O)C(=O)O[C@H](CC(=O)O)C(=O)O. The Kier molecular flexibility index (Phi) is 10.6. The van der Waals surface area contributed by atoms with Gasteiger partial charge in [-0.1, -0.05) is 12.1 Å². The van der Waals surface area contributed by atoms with Gasteiger partial charge in [0.15, 0.2) is 18.3 Å². The molecule has 1 saturated heterocycles. The van der Waals surface area contributed by atoms with E-state index < -0.39 is 103 Å². The van der Waals surface area contributed by atoms with Crippen molar-refractivity contribution in [2.45, 2.75) is 99.6 Å². The van der Waals surface area contributed by atoms with Gasteiger partial charge in [-0.3, -0.25) is 14.4 Å². The maximum atomic E-state index is 13.4. The third kappa shape index (κ3) is 6.79. The Bertz CT molecular complexity index is 1720. The Hall–Kier alpha value is -5.11. The highest BCUT2D eigenvalue weighted by Gasteiger charge is 2.72. The third-order valence-corrected chi connectivity index (χ3v) is 9.91. The number of esters is 4. The molecule has 5 rings (SSSR count). The van der Waals surface area contributed by atoms with Crippen LogP contribution in [0, 0.1) is 0 Å². The molecule has 0 saturated carbocycles. The molecule has 0 aromatic heterocycles. The largest absolute Gasteiger partial charge is 0.481 e. The smallest absolute Gasteiger partial charge is 0.348 e. The predicted molar refractivity (Wildman–Crippen MR) is 165 cm³/mol. The number of benzene rings is 1. The summed E-state index contributed by atoms with van der Waals surface area (Å²) in [6.45, 7) is 1.09. The average Bonchev–Trinajstić information content (AvgIpc) is 3.42. The van der Waals surface area contributed by atoms with Gasteiger partial charge in [-0.15, -0.1) is 0 Å². The second-order valence-electron chi connectivity index (χ2n) is 13.1. The molecule has 1 fully saturated rings. The first-order valence-corrected chi connectivity index (χ1v) is 16.2. The monoisotopic (exact) mass is 735 g/mol. The summed E-state index contributed by atoms with van der Waals surface area (Å²) in [6.07, 6.45) is -10.6. The highest BCUT2D eigenvalue weighted by atomic mass is 16.6. The van der Waals surface area contributed by atoms with Crippen molar-refractivity contribution in [1.82, 2.24) is 4.90 Å². The Balaban J connectivity index is 1.37. The fourth-order valence-corrected chi connectivity index (χ4v) is 7.45. The molecule has 19 heteroatoms. The summed E-state index contributed by atoms with van der Waals surface area (Å²) in [6, 6.07) is 3.25. The zero-order valence-electron chi connectivity index (χ0n) is 27.9. The first-order valence-electron chi connectivity index (χ1n) is 16.2. The van der Waals surface area contributed by atoms with Gasteiger partial charge in [0.25, 0.3) is 0 Å². The lowest BCUT2D eigenvalue weighted by Gasteiger charge is -2.61. The summed E-state index contributed by atoms with van der Waals surface area (Å²) in [7, 11) is 1.89. The lowest BCUT2D eigenvalue weighted by Crippen LogP contribution is -2.74. The summed E-state index contributed by atoms with van der Waals surface area (Å²) in [4.78, 5) is 86.8. The normalized spacial score (nSPS) is 26.2. The first-order chi connectivity index (χ1) is 24.4. The summed E-state index contributed by atoms with van der Waals surface area (Å²) in [5.41, 5.74) is -0.401. The van der Waals surface area contributed by atoms with Crippen molar-refractivity contribution in [1.29, 1.82) is 0 Å². The second-order valence-corrected chi connectivity index (χ2v) is 13.1. The number of aliphatic hydroxyl groups is 3. The van der Waals surface area contributed by atoms with E-state index in [4.69, 9.17) is 34.3 Å². The molecule has 1 aromatic rings. The van der Waals surface area contributed by atoms with Crippen LogP contribution in [-0.4, -0.2) is 133 Å². The number of carboxylic acids is 3. The summed E-state index contributed by atoms with van der Waals surface area (Å²) in [5.74, 6) is -10.6. The summed E-state index contributed by atoms with van der Waals surface area (Å²) < 4.78 is 26.6. The fraction of sp³-hybridized carbons (Fsp3) is 0.545. The van der Waals surface area contributed by atoms with Crippen molar-refractivity contribution in [3.63, 3.8) is 0 Å². The molecule has 52 heavy (non-hydrogen) atoms. The van der Waals surface area contributed by atoms with Crippen LogP contribution in [0.1, 0.15) is 55.7 Å². The highest BCUT2D eigenvalue weighted by molar-refractivity contribution is 5.89. The molecule has 0 unspecified atom stereocenters. The third-order valence-electron chi connectivity index (χ3n) is 9.91. The van der Waals surface area contributed by atoms with E-state index in [0.717, 1.165) is 12.5 Å². The van der Waals surface area contributed by atoms with Crippen molar-refractivity contribution in [3.8, 4) is 5.75 Å². The number of carbonyl (C=O) groups is 7. The topological polar surface area (TPSA) is 290 Å². The maximum absolute atomic E-state index is 13.4. The van der Waals surface area contributed by atoms with E-state index in [-0.39, 0.29) is 24.8 Å². The molecular formula is C33H37NO18. The standard InChI is InChI=1S/C33H37NO18/c1-14(30(45)51-19(29(43)44)11-22(37)38)48-31(46)20(50-23(39)10-17(36)28(41)42)12-24(40)49-18-5-6-33(47)21-9-15-3-4-16(13-35)26-25(15)32(33,27(18)52-26)7-8-34(21)2/h3-5,14,17,19-21,27,35-36,47H,6-13H2,1-2H3,(H,37,38)(H,41,42)(H,43,44)/t14-,17-,19+,20-,21+,27-,32-,33+/m0/s1. The number of ether oxygens (including phenoxy) is 5. The Morgan fingerprint density at radius 2 is 1.65 bits per heavy atom. The van der Waals surface area contributed by atoms with Gasteiger partial charge in [-0.2, -0.15) is 0 Å². The van der Waals surface area contributed by atoms with Crippen LogP contribution in [0.2, 0.25) is 0 Å². The second kappa shape index (κ2) is 14.5. The van der Waals surface area contributed by atoms with E-state index in [1.54, 1.807) is 6.07 Å². The van der Waals surface area contributed by atoms with E-state index in [1.807, 2.05) is 18.0 Å². The number of hydrogen-bond donors (Lipinski definition) is 6. The number of aliphatic carboxylic acids is 3. The van der Waals surface area contributed by atoms with Crippen LogP contribution in [0.25, 0.3) is 0 Å². The zero-order valence-corrected chi connectivity index (χ0v) is 27.9. The van der Waals surface area contributed by atoms with E-state index in [2.05, 4.69) is 4.74 Å². The fourth-order valence-electron chi connectivity index (χ4n) is 7.45. The van der Waals surface area contributed by atoms with Gasteiger partial charge in [0, 0.05) is 23.6 Å². The molecule has 0 radical (unpaired) electrons. The predicted octanol–water partition coefficient (Wildman–Crippen LogP) is -1.46. The first kappa shape index (κ1) is 38.1. The molecule has 2 aliphatic heterocycles. The van der Waals surface area contributed by atoms with Gasteiger partial charge in [-0.25, -0.2) is 19.2 Å². The minimum Gasteiger partial charge on any atom is -0.481 e. The number of hydrogen-bond acceptors (Lipinski definition) is 16. The van der Waals surface area contributed by atoms with Crippen molar-refractivity contribution in [2.24, 2.45) is 0 Å². The van der Waals surface area contributed by atoms with E-state index >= 15 is 0 Å². The molecule has 6 N–H and O–H groups in total. The van der Waals surface area contributed by atoms with Crippen molar-refractivity contribution in [3.05, 3.63) is 40.7 Å². The van der Waals surface area contributed by atoms with Crippen LogP contribution in [0.4, 0.5) is 0 Å². The summed E-state index contributed by atoms with van der Waals surface area (Å²) >= 11 is 0. The van der Waals surface area contributed by atoms with Crippen LogP contribution < -0.4 is 4.74 Å². The molecule has 282 valence electrons. The van der Waals surface area contributed by atoms with Crippen LogP contribution in [0.5, 0.6) is 5.75 Å². The minimum absolute atomic E-state index is 0.0269. The highest BCUT2D eigenvalue weighted by Crippen LogP contribution is 2.64. The number of piperidine rings is 1. The van der Waals surface area contributed by atoms with E-state index in [1.165, 1.54) is 6.08 Å². The molecule has 19 nitrogen and oxygen atoms in total. The quantitative estimate of drug-likeness (QED) is 0.0886. The molecule has 1 aromatic carbocycles. The number of nitrogens with zero attached hydrogens (tertiary/aromatic N) is 1. The van der Waals surface area contributed by atoms with Crippen molar-refractivity contribution in [2.75, 3.05) is 13.6 Å². The molecule has 2 bridgehead atoms. The van der Waals surface area contributed by atoms with E-state index in [0.29, 0.717) is 36.3 Å². The Morgan fingerprint density at radius 3 is 2.29 bits per heavy atom. The number of aliphatic hydroxyl groups excluding tert-OH is 2.